The van der Waals surface area contributed by atoms with Crippen LogP contribution in [0.4, 0.5) is 0 Å². The molecule has 1 aliphatic carbocycles. The number of aliphatic imine (C=N–C) groups is 1. The summed E-state index contributed by atoms with van der Waals surface area (Å²) in [7, 11) is 3.89. The molecule has 6 heteroatoms. The van der Waals surface area contributed by atoms with Crippen LogP contribution in [-0.4, -0.2) is 75.4 Å². The van der Waals surface area contributed by atoms with Crippen LogP contribution in [-0.2, 0) is 22.6 Å². The lowest BCUT2D eigenvalue weighted by molar-refractivity contribution is -0.0212. The van der Waals surface area contributed by atoms with E-state index in [-0.39, 0.29) is 0 Å². The molecule has 1 atom stereocenters. The lowest BCUT2D eigenvalue weighted by Crippen LogP contribution is -2.40. The van der Waals surface area contributed by atoms with Gasteiger partial charge in [-0.3, -0.25) is 9.89 Å². The first-order chi connectivity index (χ1) is 13.6. The molecule has 1 saturated carbocycles. The van der Waals surface area contributed by atoms with E-state index in [0.717, 1.165) is 64.4 Å². The van der Waals surface area contributed by atoms with E-state index < -0.39 is 0 Å². The quantitative estimate of drug-likeness (QED) is 0.400. The normalized spacial score (nSPS) is 21.0. The van der Waals surface area contributed by atoms with Crippen molar-refractivity contribution in [1.82, 2.24) is 15.1 Å². The van der Waals surface area contributed by atoms with Crippen molar-refractivity contribution in [2.45, 2.75) is 39.0 Å². The number of hydrogen-bond acceptors (Lipinski definition) is 4. The van der Waals surface area contributed by atoms with Crippen LogP contribution in [0, 0.1) is 5.92 Å². The van der Waals surface area contributed by atoms with E-state index in [4.69, 9.17) is 9.47 Å². The van der Waals surface area contributed by atoms with Gasteiger partial charge in [0.05, 0.1) is 19.3 Å². The van der Waals surface area contributed by atoms with Crippen LogP contribution in [0.5, 0.6) is 0 Å². The monoisotopic (exact) mass is 388 g/mol. The van der Waals surface area contributed by atoms with Crippen LogP contribution < -0.4 is 5.32 Å². The van der Waals surface area contributed by atoms with E-state index in [2.05, 4.69) is 58.3 Å². The van der Waals surface area contributed by atoms with Crippen molar-refractivity contribution < 1.29 is 9.47 Å². The van der Waals surface area contributed by atoms with Crippen molar-refractivity contribution in [3.63, 3.8) is 0 Å². The highest BCUT2D eigenvalue weighted by molar-refractivity contribution is 5.79. The van der Waals surface area contributed by atoms with Crippen molar-refractivity contribution in [1.29, 1.82) is 0 Å². The number of morpholine rings is 1. The minimum atomic E-state index is 0.325. The second-order valence-corrected chi connectivity index (χ2v) is 8.08. The van der Waals surface area contributed by atoms with Crippen LogP contribution in [0.25, 0.3) is 0 Å². The molecule has 0 radical (unpaired) electrons. The van der Waals surface area contributed by atoms with Crippen molar-refractivity contribution in [2.24, 2.45) is 10.9 Å². The molecule has 156 valence electrons. The summed E-state index contributed by atoms with van der Waals surface area (Å²) in [5, 5.41) is 3.47. The molecule has 0 bridgehead atoms. The zero-order valence-corrected chi connectivity index (χ0v) is 17.7. The maximum absolute atomic E-state index is 5.74. The summed E-state index contributed by atoms with van der Waals surface area (Å²) in [6, 6.07) is 8.82. The standard InChI is InChI=1S/C22H36N4O2/c1-18-15-26(10-12-28-18)16-21-6-4-5-20(13-21)14-24-22(23-2)25(3)9-11-27-17-19-7-8-19/h4-6,13,18-19H,7-12,14-17H2,1-3H3,(H,23,24). The number of nitrogens with one attached hydrogen (secondary N) is 1. The molecule has 2 fully saturated rings. The number of benzene rings is 1. The Morgan fingerprint density at radius 2 is 2.18 bits per heavy atom. The summed E-state index contributed by atoms with van der Waals surface area (Å²) in [5.41, 5.74) is 2.63. The van der Waals surface area contributed by atoms with Gasteiger partial charge in [0.25, 0.3) is 0 Å². The Morgan fingerprint density at radius 3 is 2.93 bits per heavy atom. The van der Waals surface area contributed by atoms with Crippen LogP contribution >= 0.6 is 0 Å². The van der Waals surface area contributed by atoms with Crippen LogP contribution in [0.2, 0.25) is 0 Å². The summed E-state index contributed by atoms with van der Waals surface area (Å²) >= 11 is 0. The van der Waals surface area contributed by atoms with Gasteiger partial charge in [0.2, 0.25) is 0 Å². The minimum absolute atomic E-state index is 0.325. The van der Waals surface area contributed by atoms with Crippen molar-refractivity contribution in [3.8, 4) is 0 Å². The second-order valence-electron chi connectivity index (χ2n) is 8.08. The van der Waals surface area contributed by atoms with E-state index in [1.54, 1.807) is 0 Å². The molecule has 6 nitrogen and oxygen atoms in total. The highest BCUT2D eigenvalue weighted by atomic mass is 16.5. The maximum atomic E-state index is 5.74. The van der Waals surface area contributed by atoms with Gasteiger partial charge >= 0.3 is 0 Å². The predicted octanol–water partition coefficient (Wildman–Crippen LogP) is 2.34. The van der Waals surface area contributed by atoms with Gasteiger partial charge in [0.1, 0.15) is 0 Å². The summed E-state index contributed by atoms with van der Waals surface area (Å²) < 4.78 is 11.4. The number of guanidine groups is 1. The van der Waals surface area contributed by atoms with Crippen molar-refractivity contribution in [3.05, 3.63) is 35.4 Å². The van der Waals surface area contributed by atoms with Crippen molar-refractivity contribution >= 4 is 5.96 Å². The van der Waals surface area contributed by atoms with Gasteiger partial charge in [-0.15, -0.1) is 0 Å². The van der Waals surface area contributed by atoms with Crippen LogP contribution in [0.15, 0.2) is 29.3 Å². The molecular weight excluding hydrogens is 352 g/mol. The fraction of sp³-hybridized carbons (Fsp3) is 0.682. The summed E-state index contributed by atoms with van der Waals surface area (Å²) in [5.74, 6) is 1.72. The number of rotatable bonds is 9. The Morgan fingerprint density at radius 1 is 1.36 bits per heavy atom. The Kier molecular flexibility index (Phi) is 8.13. The maximum Gasteiger partial charge on any atom is 0.193 e. The number of likely N-dealkylation sites (N-methyl/N-ethyl adjacent to an activating group) is 1. The molecule has 1 aliphatic heterocycles. The Labute approximate surface area is 169 Å². The lowest BCUT2D eigenvalue weighted by atomic mass is 10.1. The summed E-state index contributed by atoms with van der Waals surface area (Å²) in [4.78, 5) is 9.01. The van der Waals surface area contributed by atoms with Crippen LogP contribution in [0.3, 0.4) is 0 Å². The molecule has 0 amide bonds. The number of nitrogens with zero attached hydrogens (tertiary/aromatic N) is 3. The fourth-order valence-electron chi connectivity index (χ4n) is 3.54. The SMILES string of the molecule is CN=C(NCc1cccc(CN2CCOC(C)C2)c1)N(C)CCOCC1CC1. The molecule has 3 rings (SSSR count). The third-order valence-electron chi connectivity index (χ3n) is 5.37. The molecule has 2 aliphatic rings. The van der Waals surface area contributed by atoms with Gasteiger partial charge in [-0.25, -0.2) is 0 Å². The molecular formula is C22H36N4O2. The molecule has 1 aromatic carbocycles. The average molecular weight is 389 g/mol. The zero-order chi connectivity index (χ0) is 19.8. The molecule has 0 aromatic heterocycles. The number of ether oxygens (including phenoxy) is 2. The molecule has 1 heterocycles. The second kappa shape index (κ2) is 10.8. The fourth-order valence-corrected chi connectivity index (χ4v) is 3.54. The predicted molar refractivity (Wildman–Crippen MR) is 114 cm³/mol. The van der Waals surface area contributed by atoms with Gasteiger partial charge in [0.15, 0.2) is 5.96 Å². The van der Waals surface area contributed by atoms with Gasteiger partial charge in [0, 0.05) is 53.4 Å². The topological polar surface area (TPSA) is 49.3 Å². The van der Waals surface area contributed by atoms with E-state index >= 15 is 0 Å². The highest BCUT2D eigenvalue weighted by Crippen LogP contribution is 2.28. The van der Waals surface area contributed by atoms with Gasteiger partial charge in [-0.2, -0.15) is 0 Å². The average Bonchev–Trinajstić information content (AvgIpc) is 3.50. The molecule has 1 saturated heterocycles. The molecule has 0 spiro atoms. The first-order valence-electron chi connectivity index (χ1n) is 10.6. The van der Waals surface area contributed by atoms with Crippen molar-refractivity contribution in [2.75, 3.05) is 53.6 Å². The largest absolute Gasteiger partial charge is 0.379 e. The zero-order valence-electron chi connectivity index (χ0n) is 17.7. The Hall–Kier alpha value is -1.63. The first-order valence-corrected chi connectivity index (χ1v) is 10.6. The highest BCUT2D eigenvalue weighted by Gasteiger charge is 2.21. The summed E-state index contributed by atoms with van der Waals surface area (Å²) in [6.45, 7) is 9.25. The van der Waals surface area contributed by atoms with E-state index in [0.29, 0.717) is 6.10 Å². The Bertz CT molecular complexity index is 633. The smallest absolute Gasteiger partial charge is 0.193 e. The lowest BCUT2D eigenvalue weighted by Gasteiger charge is -2.31. The minimum Gasteiger partial charge on any atom is -0.379 e. The van der Waals surface area contributed by atoms with E-state index in [9.17, 15) is 0 Å². The van der Waals surface area contributed by atoms with E-state index in [1.807, 2.05) is 7.05 Å². The molecule has 28 heavy (non-hydrogen) atoms. The Balaban J connectivity index is 1.43. The first kappa shape index (κ1) is 21.1. The summed E-state index contributed by atoms with van der Waals surface area (Å²) in [6.07, 6.45) is 3.00. The third-order valence-corrected chi connectivity index (χ3v) is 5.37. The molecule has 1 unspecified atom stereocenters. The van der Waals surface area contributed by atoms with Crippen LogP contribution in [0.1, 0.15) is 30.9 Å². The van der Waals surface area contributed by atoms with Gasteiger partial charge in [-0.1, -0.05) is 24.3 Å². The van der Waals surface area contributed by atoms with Gasteiger partial charge in [-0.05, 0) is 36.8 Å². The van der Waals surface area contributed by atoms with E-state index in [1.165, 1.54) is 24.0 Å². The third kappa shape index (κ3) is 7.08. The van der Waals surface area contributed by atoms with Gasteiger partial charge < -0.3 is 19.7 Å². The molecule has 1 aromatic rings. The number of hydrogen-bond donors (Lipinski definition) is 1. The molecule has 1 N–H and O–H groups in total.